The lowest BCUT2D eigenvalue weighted by molar-refractivity contribution is 0.159. The van der Waals surface area contributed by atoms with Crippen LogP contribution in [0.15, 0.2) is 21.1 Å². The summed E-state index contributed by atoms with van der Waals surface area (Å²) in [5.74, 6) is 0.115. The van der Waals surface area contributed by atoms with Crippen molar-refractivity contribution in [1.29, 1.82) is 0 Å². The highest BCUT2D eigenvalue weighted by atomic mass is 32.2. The van der Waals surface area contributed by atoms with Gasteiger partial charge in [0.05, 0.1) is 26.0 Å². The number of hydrogen-bond donors (Lipinski definition) is 2. The molecule has 2 N–H and O–H groups in total. The van der Waals surface area contributed by atoms with Gasteiger partial charge in [-0.3, -0.25) is 9.87 Å². The number of carbonyl (C=O) groups excluding carboxylic acids is 1. The normalized spacial score (nSPS) is 13.3. The van der Waals surface area contributed by atoms with Crippen LogP contribution in [0.3, 0.4) is 0 Å². The van der Waals surface area contributed by atoms with E-state index in [-0.39, 0.29) is 21.7 Å². The summed E-state index contributed by atoms with van der Waals surface area (Å²) in [5.41, 5.74) is 0.589. The van der Waals surface area contributed by atoms with Gasteiger partial charge in [0, 0.05) is 5.38 Å². The number of aromatic nitrogens is 3. The maximum Gasteiger partial charge on any atom is 0.367 e. The second-order valence-electron chi connectivity index (χ2n) is 4.50. The van der Waals surface area contributed by atoms with Crippen LogP contribution in [-0.4, -0.2) is 50.8 Å². The summed E-state index contributed by atoms with van der Waals surface area (Å²) in [6.45, 7) is 1.68. The van der Waals surface area contributed by atoms with Gasteiger partial charge in [-0.25, -0.2) is 9.00 Å². The van der Waals surface area contributed by atoms with E-state index < -0.39 is 16.0 Å². The lowest BCUT2D eigenvalue weighted by Gasteiger charge is -2.05. The van der Waals surface area contributed by atoms with Gasteiger partial charge in [0.25, 0.3) is 0 Å². The highest BCUT2D eigenvalue weighted by molar-refractivity contribution is 7.89. The molecule has 2 rings (SSSR count). The zero-order chi connectivity index (χ0) is 19.3. The van der Waals surface area contributed by atoms with Crippen LogP contribution in [-0.2, 0) is 9.99 Å². The zero-order valence-corrected chi connectivity index (χ0v) is 15.8. The highest BCUT2D eigenvalue weighted by Gasteiger charge is 2.12. The first-order valence-corrected chi connectivity index (χ1v) is 9.18. The first-order valence-electron chi connectivity index (χ1n) is 6.83. The number of methoxy groups -OCH3 is 2. The third kappa shape index (κ3) is 4.47. The monoisotopic (exact) mass is 404 g/mol. The zero-order valence-electron chi connectivity index (χ0n) is 14.2. The van der Waals surface area contributed by atoms with Crippen LogP contribution >= 0.6 is 11.3 Å². The van der Waals surface area contributed by atoms with Gasteiger partial charge in [-0.05, 0) is 6.92 Å². The van der Waals surface area contributed by atoms with Gasteiger partial charge in [-0.1, -0.05) is 9.63 Å². The number of urea groups is 1. The predicted molar refractivity (Wildman–Crippen MR) is 92.6 cm³/mol. The van der Waals surface area contributed by atoms with Gasteiger partial charge in [0.1, 0.15) is 7.11 Å². The number of hydrogen-bond acceptors (Lipinski definition) is 8. The van der Waals surface area contributed by atoms with Crippen LogP contribution in [0.5, 0.6) is 11.8 Å². The minimum atomic E-state index is -3.98. The standard InChI is InChI=1S/C12H16N6O6S2/c1-7-6-25-12(18(7)24-4)26(20,21)17-16-11(19)15-10-13-8(22-2)5-9(14-10)23-3/h5-6H,1-4H3,(H,20,21)(H,13,14,15,19). The molecule has 0 aromatic carbocycles. The topological polar surface area (TPSA) is 150 Å². The molecule has 0 radical (unpaired) electrons. The fraction of sp³-hybridized carbons (Fsp3) is 0.333. The molecule has 0 aliphatic carbocycles. The molecular weight excluding hydrogens is 388 g/mol. The summed E-state index contributed by atoms with van der Waals surface area (Å²) in [6, 6.07) is 0.347. The molecule has 26 heavy (non-hydrogen) atoms. The van der Waals surface area contributed by atoms with Crippen molar-refractivity contribution in [3.63, 3.8) is 0 Å². The molecule has 0 saturated heterocycles. The number of aryl methyl sites for hydroxylation is 1. The van der Waals surface area contributed by atoms with Crippen molar-refractivity contribution in [2.75, 3.05) is 26.6 Å². The Morgan fingerprint density at radius 2 is 1.92 bits per heavy atom. The Balaban J connectivity index is 2.28. The smallest absolute Gasteiger partial charge is 0.367 e. The van der Waals surface area contributed by atoms with Crippen LogP contribution < -0.4 is 19.6 Å². The number of rotatable bonds is 5. The summed E-state index contributed by atoms with van der Waals surface area (Å²) in [5, 5.41) is 6.98. The molecule has 12 nitrogen and oxygen atoms in total. The lowest BCUT2D eigenvalue weighted by atomic mass is 10.6. The van der Waals surface area contributed by atoms with Gasteiger partial charge in [0.15, 0.2) is 0 Å². The molecule has 2 aromatic heterocycles. The van der Waals surface area contributed by atoms with Gasteiger partial charge >= 0.3 is 6.03 Å². The van der Waals surface area contributed by atoms with E-state index in [1.54, 1.807) is 12.3 Å². The minimum Gasteiger partial charge on any atom is -0.481 e. The fourth-order valence-corrected chi connectivity index (χ4v) is 3.80. The summed E-state index contributed by atoms with van der Waals surface area (Å²) in [6.07, 6.45) is 0. The molecule has 2 aromatic rings. The number of thiazole rings is 1. The van der Waals surface area contributed by atoms with E-state index in [0.717, 1.165) is 16.1 Å². The molecule has 1 atom stereocenters. The largest absolute Gasteiger partial charge is 0.481 e. The van der Waals surface area contributed by atoms with Crippen molar-refractivity contribution in [3.8, 4) is 11.8 Å². The van der Waals surface area contributed by atoms with Crippen LogP contribution in [0.1, 0.15) is 5.69 Å². The summed E-state index contributed by atoms with van der Waals surface area (Å²) in [4.78, 5) is 24.6. The van der Waals surface area contributed by atoms with Gasteiger partial charge < -0.3 is 14.3 Å². The molecule has 2 heterocycles. The molecule has 2 amide bonds. The van der Waals surface area contributed by atoms with Gasteiger partial charge in [-0.15, -0.1) is 11.3 Å². The van der Waals surface area contributed by atoms with E-state index in [0.29, 0.717) is 5.69 Å². The maximum atomic E-state index is 12.3. The lowest BCUT2D eigenvalue weighted by Crippen LogP contribution is -2.12. The number of amides is 2. The van der Waals surface area contributed by atoms with Crippen LogP contribution in [0.25, 0.3) is 0 Å². The Kier molecular flexibility index (Phi) is 6.12. The predicted octanol–water partition coefficient (Wildman–Crippen LogP) is 1.61. The highest BCUT2D eigenvalue weighted by Crippen LogP contribution is 2.17. The minimum absolute atomic E-state index is 0.117. The number of ether oxygens (including phenoxy) is 2. The maximum absolute atomic E-state index is 12.3. The Morgan fingerprint density at radius 1 is 1.31 bits per heavy atom. The molecule has 14 heteroatoms. The van der Waals surface area contributed by atoms with Crippen molar-refractivity contribution in [1.82, 2.24) is 14.7 Å². The molecule has 0 aliphatic heterocycles. The molecule has 0 spiro atoms. The molecule has 0 fully saturated rings. The van der Waals surface area contributed by atoms with E-state index in [4.69, 9.17) is 14.3 Å². The van der Waals surface area contributed by atoms with Crippen molar-refractivity contribution < 1.29 is 27.9 Å². The molecule has 0 saturated carbocycles. The molecule has 0 aliphatic rings. The first-order chi connectivity index (χ1) is 12.3. The van der Waals surface area contributed by atoms with Crippen molar-refractivity contribution >= 4 is 33.3 Å². The summed E-state index contributed by atoms with van der Waals surface area (Å²) < 4.78 is 36.4. The van der Waals surface area contributed by atoms with Gasteiger partial charge in [0.2, 0.25) is 31.7 Å². The Bertz CT molecular complexity index is 968. The van der Waals surface area contributed by atoms with Crippen molar-refractivity contribution in [2.45, 2.75) is 6.92 Å². The molecular formula is C12H16N6O6S2. The van der Waals surface area contributed by atoms with E-state index in [9.17, 15) is 13.6 Å². The van der Waals surface area contributed by atoms with E-state index in [1.807, 2.05) is 0 Å². The number of anilines is 1. The second-order valence-corrected chi connectivity index (χ2v) is 7.16. The molecule has 1 unspecified atom stereocenters. The Morgan fingerprint density at radius 3 is 2.46 bits per heavy atom. The first kappa shape index (κ1) is 19.6. The van der Waals surface area contributed by atoms with Crippen LogP contribution in [0.2, 0.25) is 0 Å². The quantitative estimate of drug-likeness (QED) is 0.564. The van der Waals surface area contributed by atoms with Crippen LogP contribution in [0, 0.1) is 10.9 Å². The van der Waals surface area contributed by atoms with E-state index in [1.165, 1.54) is 27.4 Å². The van der Waals surface area contributed by atoms with E-state index >= 15 is 0 Å². The average molecular weight is 404 g/mol. The number of carbonyl (C=O) groups is 1. The Hall–Kier alpha value is -2.71. The van der Waals surface area contributed by atoms with Crippen molar-refractivity contribution in [3.05, 3.63) is 21.1 Å². The number of nitrogens with one attached hydrogen (secondary N) is 1. The van der Waals surface area contributed by atoms with Crippen LogP contribution in [0.4, 0.5) is 10.7 Å². The number of nitrogens with zero attached hydrogens (tertiary/aromatic N) is 5. The summed E-state index contributed by atoms with van der Waals surface area (Å²) >= 11 is 0.942. The second kappa shape index (κ2) is 8.11. The fourth-order valence-electron chi connectivity index (χ4n) is 1.68. The molecule has 142 valence electrons. The SMILES string of the molecule is COc1cc(OC)nc(NC(=O)N=NS(=O)(O)=c2scc(C)n2OC)n1. The van der Waals surface area contributed by atoms with E-state index in [2.05, 4.69) is 24.9 Å². The molecule has 0 bridgehead atoms. The summed E-state index contributed by atoms with van der Waals surface area (Å²) in [7, 11) is 0.102. The van der Waals surface area contributed by atoms with Gasteiger partial charge in [-0.2, -0.15) is 14.7 Å². The third-order valence-electron chi connectivity index (χ3n) is 2.78. The van der Waals surface area contributed by atoms with Crippen molar-refractivity contribution in [2.24, 2.45) is 9.63 Å². The average Bonchev–Trinajstić information content (AvgIpc) is 3.01. The third-order valence-corrected chi connectivity index (χ3v) is 5.48. The Labute approximate surface area is 152 Å².